The van der Waals surface area contributed by atoms with Crippen molar-refractivity contribution >= 4 is 11.9 Å². The molecule has 1 aliphatic rings. The second kappa shape index (κ2) is 4.20. The molecule has 0 spiro atoms. The molecule has 0 aromatic carbocycles. The number of carbonyl (C=O) groups excluding carboxylic acids is 1. The lowest BCUT2D eigenvalue weighted by Gasteiger charge is -2.24. The smallest absolute Gasteiger partial charge is 0.329 e. The fourth-order valence-corrected chi connectivity index (χ4v) is 2.19. The Morgan fingerprint density at radius 2 is 2.12 bits per heavy atom. The van der Waals surface area contributed by atoms with E-state index in [1.54, 1.807) is 13.0 Å². The molecule has 2 rings (SSSR count). The fraction of sp³-hybridized carbons (Fsp3) is 0.545. The summed E-state index contributed by atoms with van der Waals surface area (Å²) in [5, 5.41) is 18.3. The summed E-state index contributed by atoms with van der Waals surface area (Å²) in [4.78, 5) is 23.1. The van der Waals surface area contributed by atoms with Crippen LogP contribution in [-0.2, 0) is 4.79 Å². The van der Waals surface area contributed by atoms with E-state index in [2.05, 4.69) is 15.5 Å². The summed E-state index contributed by atoms with van der Waals surface area (Å²) >= 11 is 0. The van der Waals surface area contributed by atoms with Gasteiger partial charge in [0.1, 0.15) is 11.2 Å². The van der Waals surface area contributed by atoms with Crippen LogP contribution in [0.25, 0.3) is 0 Å². The van der Waals surface area contributed by atoms with Crippen molar-refractivity contribution in [1.29, 1.82) is 0 Å². The summed E-state index contributed by atoms with van der Waals surface area (Å²) in [6.07, 6.45) is 2.62. The van der Waals surface area contributed by atoms with Crippen LogP contribution >= 0.6 is 0 Å². The standard InChI is InChI=1S/C11H15N3O3/c1-7-6-8(14-13-7)9(15)12-11(10(16)17)4-2-3-5-11/h6H,2-5H2,1H3,(H,12,15)(H,13,14)(H,16,17). The van der Waals surface area contributed by atoms with Crippen molar-refractivity contribution in [2.24, 2.45) is 0 Å². The van der Waals surface area contributed by atoms with Crippen LogP contribution in [0.2, 0.25) is 0 Å². The van der Waals surface area contributed by atoms with E-state index in [0.29, 0.717) is 12.8 Å². The number of aromatic nitrogens is 2. The van der Waals surface area contributed by atoms with Gasteiger partial charge in [0.15, 0.2) is 0 Å². The molecule has 0 unspecified atom stereocenters. The number of carboxylic acid groups (broad SMARTS) is 1. The van der Waals surface area contributed by atoms with Crippen molar-refractivity contribution < 1.29 is 14.7 Å². The maximum atomic E-state index is 11.9. The molecule has 3 N–H and O–H groups in total. The molecule has 0 atom stereocenters. The lowest BCUT2D eigenvalue weighted by Crippen LogP contribution is -2.52. The fourth-order valence-electron chi connectivity index (χ4n) is 2.19. The van der Waals surface area contributed by atoms with Crippen LogP contribution < -0.4 is 5.32 Å². The van der Waals surface area contributed by atoms with Crippen molar-refractivity contribution in [2.75, 3.05) is 0 Å². The molecule has 1 aromatic heterocycles. The van der Waals surface area contributed by atoms with Crippen LogP contribution in [0.3, 0.4) is 0 Å². The molecule has 0 bridgehead atoms. The first kappa shape index (κ1) is 11.6. The molecule has 92 valence electrons. The summed E-state index contributed by atoms with van der Waals surface area (Å²) in [5.41, 5.74) is -0.106. The highest BCUT2D eigenvalue weighted by Crippen LogP contribution is 2.30. The summed E-state index contributed by atoms with van der Waals surface area (Å²) in [5.74, 6) is -1.39. The zero-order valence-electron chi connectivity index (χ0n) is 9.62. The highest BCUT2D eigenvalue weighted by atomic mass is 16.4. The van der Waals surface area contributed by atoms with E-state index in [-0.39, 0.29) is 5.69 Å². The third-order valence-electron chi connectivity index (χ3n) is 3.16. The maximum Gasteiger partial charge on any atom is 0.329 e. The molecule has 1 aromatic rings. The van der Waals surface area contributed by atoms with Gasteiger partial charge in [-0.25, -0.2) is 4.79 Å². The molecule has 0 radical (unpaired) electrons. The van der Waals surface area contributed by atoms with E-state index in [1.807, 2.05) is 0 Å². The second-order valence-corrected chi connectivity index (χ2v) is 4.48. The summed E-state index contributed by atoms with van der Waals surface area (Å²) in [6.45, 7) is 1.78. The minimum absolute atomic E-state index is 0.232. The first-order chi connectivity index (χ1) is 8.03. The maximum absolute atomic E-state index is 11.9. The van der Waals surface area contributed by atoms with Gasteiger partial charge >= 0.3 is 5.97 Å². The number of nitrogens with zero attached hydrogens (tertiary/aromatic N) is 1. The number of carbonyl (C=O) groups is 2. The number of carboxylic acids is 1. The van der Waals surface area contributed by atoms with Gasteiger partial charge in [0.2, 0.25) is 0 Å². The van der Waals surface area contributed by atoms with Crippen LogP contribution in [0.4, 0.5) is 0 Å². The van der Waals surface area contributed by atoms with E-state index in [9.17, 15) is 14.7 Å². The van der Waals surface area contributed by atoms with Gasteiger partial charge in [0, 0.05) is 5.69 Å². The Morgan fingerprint density at radius 1 is 1.47 bits per heavy atom. The van der Waals surface area contributed by atoms with Crippen molar-refractivity contribution in [2.45, 2.75) is 38.1 Å². The lowest BCUT2D eigenvalue weighted by atomic mass is 9.97. The van der Waals surface area contributed by atoms with Crippen LogP contribution in [0, 0.1) is 6.92 Å². The molecule has 6 nitrogen and oxygen atoms in total. The number of amides is 1. The third kappa shape index (κ3) is 2.15. The molecule has 1 saturated carbocycles. The number of aryl methyl sites for hydroxylation is 1. The van der Waals surface area contributed by atoms with E-state index < -0.39 is 17.4 Å². The molecule has 17 heavy (non-hydrogen) atoms. The molecule has 6 heteroatoms. The molecular weight excluding hydrogens is 222 g/mol. The lowest BCUT2D eigenvalue weighted by molar-refractivity contribution is -0.144. The monoisotopic (exact) mass is 237 g/mol. The van der Waals surface area contributed by atoms with Crippen LogP contribution in [-0.4, -0.2) is 32.7 Å². The molecular formula is C11H15N3O3. The molecule has 1 aliphatic carbocycles. The summed E-state index contributed by atoms with van der Waals surface area (Å²) in [6, 6.07) is 1.60. The largest absolute Gasteiger partial charge is 0.480 e. The number of nitrogens with one attached hydrogen (secondary N) is 2. The topological polar surface area (TPSA) is 95.1 Å². The van der Waals surface area contributed by atoms with Gasteiger partial charge in [-0.1, -0.05) is 12.8 Å². The Hall–Kier alpha value is -1.85. The average molecular weight is 237 g/mol. The van der Waals surface area contributed by atoms with Crippen molar-refractivity contribution in [1.82, 2.24) is 15.5 Å². The number of aromatic amines is 1. The van der Waals surface area contributed by atoms with Crippen LogP contribution in [0.5, 0.6) is 0 Å². The van der Waals surface area contributed by atoms with Crippen molar-refractivity contribution in [3.8, 4) is 0 Å². The third-order valence-corrected chi connectivity index (χ3v) is 3.16. The average Bonchev–Trinajstić information content (AvgIpc) is 2.87. The van der Waals surface area contributed by atoms with E-state index in [0.717, 1.165) is 18.5 Å². The molecule has 0 aliphatic heterocycles. The molecule has 1 amide bonds. The van der Waals surface area contributed by atoms with Gasteiger partial charge in [-0.2, -0.15) is 5.10 Å². The second-order valence-electron chi connectivity index (χ2n) is 4.48. The van der Waals surface area contributed by atoms with Gasteiger partial charge < -0.3 is 10.4 Å². The first-order valence-electron chi connectivity index (χ1n) is 5.61. The number of hydrogen-bond acceptors (Lipinski definition) is 3. The van der Waals surface area contributed by atoms with Crippen LogP contribution in [0.1, 0.15) is 41.9 Å². The van der Waals surface area contributed by atoms with E-state index >= 15 is 0 Å². The number of H-pyrrole nitrogens is 1. The van der Waals surface area contributed by atoms with Crippen molar-refractivity contribution in [3.63, 3.8) is 0 Å². The normalized spacial score (nSPS) is 17.9. The highest BCUT2D eigenvalue weighted by Gasteiger charge is 2.42. The Kier molecular flexibility index (Phi) is 2.87. The number of hydrogen-bond donors (Lipinski definition) is 3. The van der Waals surface area contributed by atoms with E-state index in [4.69, 9.17) is 0 Å². The SMILES string of the molecule is Cc1cc(C(=O)NC2(C(=O)O)CCCC2)n[nH]1. The Bertz CT molecular complexity index is 447. The minimum Gasteiger partial charge on any atom is -0.480 e. The summed E-state index contributed by atoms with van der Waals surface area (Å²) in [7, 11) is 0. The first-order valence-corrected chi connectivity index (χ1v) is 5.61. The molecule has 1 heterocycles. The summed E-state index contributed by atoms with van der Waals surface area (Å²) < 4.78 is 0. The highest BCUT2D eigenvalue weighted by molar-refractivity contribution is 5.96. The Balaban J connectivity index is 2.14. The zero-order valence-corrected chi connectivity index (χ0v) is 9.62. The van der Waals surface area contributed by atoms with Gasteiger partial charge in [-0.3, -0.25) is 9.89 Å². The predicted molar refractivity (Wildman–Crippen MR) is 59.6 cm³/mol. The quantitative estimate of drug-likeness (QED) is 0.726. The minimum atomic E-state index is -1.11. The molecule has 1 fully saturated rings. The van der Waals surface area contributed by atoms with Gasteiger partial charge in [0.05, 0.1) is 0 Å². The van der Waals surface area contributed by atoms with E-state index in [1.165, 1.54) is 0 Å². The Labute approximate surface area is 98.4 Å². The molecule has 0 saturated heterocycles. The van der Waals surface area contributed by atoms with Gasteiger partial charge in [0.25, 0.3) is 5.91 Å². The van der Waals surface area contributed by atoms with Gasteiger partial charge in [-0.05, 0) is 25.8 Å². The Morgan fingerprint density at radius 3 is 2.59 bits per heavy atom. The number of rotatable bonds is 3. The predicted octanol–water partition coefficient (Wildman–Crippen LogP) is 0.845. The van der Waals surface area contributed by atoms with Crippen LogP contribution in [0.15, 0.2) is 6.07 Å². The van der Waals surface area contributed by atoms with Gasteiger partial charge in [-0.15, -0.1) is 0 Å². The van der Waals surface area contributed by atoms with Crippen molar-refractivity contribution in [3.05, 3.63) is 17.5 Å². The number of aliphatic carboxylic acids is 1. The zero-order chi connectivity index (χ0) is 12.5.